The van der Waals surface area contributed by atoms with Gasteiger partial charge in [0, 0.05) is 32.1 Å². The van der Waals surface area contributed by atoms with Gasteiger partial charge < -0.3 is 9.80 Å². The van der Waals surface area contributed by atoms with Crippen molar-refractivity contribution in [2.24, 2.45) is 5.92 Å². The van der Waals surface area contributed by atoms with Crippen LogP contribution in [0.4, 0.5) is 0 Å². The van der Waals surface area contributed by atoms with Crippen LogP contribution >= 0.6 is 0 Å². The maximum Gasteiger partial charge on any atom is 0.225 e. The summed E-state index contributed by atoms with van der Waals surface area (Å²) >= 11 is 0. The maximum absolute atomic E-state index is 11.6. The van der Waals surface area contributed by atoms with E-state index in [0.717, 1.165) is 39.0 Å². The van der Waals surface area contributed by atoms with Crippen molar-refractivity contribution in [3.05, 3.63) is 0 Å². The summed E-state index contributed by atoms with van der Waals surface area (Å²) in [6.45, 7) is 3.95. The fourth-order valence-electron chi connectivity index (χ4n) is 1.62. The van der Waals surface area contributed by atoms with Crippen LogP contribution in [0.3, 0.4) is 0 Å². The molecule has 0 radical (unpaired) electrons. The lowest BCUT2D eigenvalue weighted by atomic mass is 10.3. The third kappa shape index (κ3) is 1.61. The number of carbonyl (C=O) groups excluding carboxylic acids is 1. The van der Waals surface area contributed by atoms with Crippen LogP contribution < -0.4 is 0 Å². The van der Waals surface area contributed by atoms with Crippen LogP contribution in [-0.2, 0) is 4.79 Å². The second-order valence-electron chi connectivity index (χ2n) is 3.90. The quantitative estimate of drug-likeness (QED) is 0.557. The van der Waals surface area contributed by atoms with E-state index in [9.17, 15) is 4.79 Å². The van der Waals surface area contributed by atoms with Crippen LogP contribution in [0.2, 0.25) is 0 Å². The highest BCUT2D eigenvalue weighted by Crippen LogP contribution is 2.31. The van der Waals surface area contributed by atoms with Crippen molar-refractivity contribution >= 4 is 5.91 Å². The molecular formula is C9H16N2O. The number of hydrogen-bond acceptors (Lipinski definition) is 2. The van der Waals surface area contributed by atoms with Crippen LogP contribution in [0.5, 0.6) is 0 Å². The van der Waals surface area contributed by atoms with Crippen molar-refractivity contribution in [1.82, 2.24) is 9.80 Å². The van der Waals surface area contributed by atoms with Crippen LogP contribution in [0, 0.1) is 5.92 Å². The first-order valence-corrected chi connectivity index (χ1v) is 4.75. The lowest BCUT2D eigenvalue weighted by Gasteiger charge is -2.32. The Hall–Kier alpha value is -0.570. The molecule has 2 aliphatic rings. The predicted molar refractivity (Wildman–Crippen MR) is 46.8 cm³/mol. The first-order valence-electron chi connectivity index (χ1n) is 4.75. The van der Waals surface area contributed by atoms with Crippen LogP contribution in [-0.4, -0.2) is 48.9 Å². The summed E-state index contributed by atoms with van der Waals surface area (Å²) in [7, 11) is 2.11. The number of nitrogens with zero attached hydrogens (tertiary/aromatic N) is 2. The SMILES string of the molecule is CN1CCN(C(=O)C2CC2)CC1. The Kier molecular flexibility index (Phi) is 2.05. The molecule has 0 spiro atoms. The zero-order valence-electron chi connectivity index (χ0n) is 7.62. The third-order valence-corrected chi connectivity index (χ3v) is 2.74. The molecule has 68 valence electrons. The molecule has 2 rings (SSSR count). The first kappa shape index (κ1) is 8.05. The van der Waals surface area contributed by atoms with E-state index in [2.05, 4.69) is 11.9 Å². The van der Waals surface area contributed by atoms with Gasteiger partial charge in [-0.1, -0.05) is 0 Å². The molecule has 1 aliphatic heterocycles. The topological polar surface area (TPSA) is 23.6 Å². The second-order valence-corrected chi connectivity index (χ2v) is 3.90. The smallest absolute Gasteiger partial charge is 0.225 e. The zero-order valence-corrected chi connectivity index (χ0v) is 7.62. The molecule has 2 fully saturated rings. The Morgan fingerprint density at radius 1 is 1.17 bits per heavy atom. The minimum Gasteiger partial charge on any atom is -0.340 e. The molecule has 1 saturated heterocycles. The highest BCUT2D eigenvalue weighted by atomic mass is 16.2. The molecule has 0 aromatic carbocycles. The average molecular weight is 168 g/mol. The Bertz CT molecular complexity index is 181. The molecule has 0 N–H and O–H groups in total. The van der Waals surface area contributed by atoms with Crippen LogP contribution in [0.25, 0.3) is 0 Å². The molecule has 1 aliphatic carbocycles. The van der Waals surface area contributed by atoms with Gasteiger partial charge in [-0.05, 0) is 19.9 Å². The molecule has 0 aromatic heterocycles. The number of amides is 1. The van der Waals surface area contributed by atoms with Gasteiger partial charge in [-0.3, -0.25) is 4.79 Å². The number of piperazine rings is 1. The van der Waals surface area contributed by atoms with Gasteiger partial charge in [0.05, 0.1) is 0 Å². The van der Waals surface area contributed by atoms with Gasteiger partial charge in [-0.25, -0.2) is 0 Å². The summed E-state index contributed by atoms with van der Waals surface area (Å²) in [6.07, 6.45) is 2.26. The van der Waals surface area contributed by atoms with Crippen molar-refractivity contribution in [1.29, 1.82) is 0 Å². The predicted octanol–water partition coefficient (Wildman–Crippen LogP) is 0.170. The molecule has 0 aromatic rings. The van der Waals surface area contributed by atoms with Gasteiger partial charge >= 0.3 is 0 Å². The molecule has 1 amide bonds. The Labute approximate surface area is 73.3 Å². The molecule has 3 heteroatoms. The van der Waals surface area contributed by atoms with E-state index in [0.29, 0.717) is 11.8 Å². The van der Waals surface area contributed by atoms with Crippen molar-refractivity contribution in [3.63, 3.8) is 0 Å². The van der Waals surface area contributed by atoms with Gasteiger partial charge in [-0.2, -0.15) is 0 Å². The van der Waals surface area contributed by atoms with E-state index in [4.69, 9.17) is 0 Å². The summed E-state index contributed by atoms with van der Waals surface area (Å²) in [5.41, 5.74) is 0. The lowest BCUT2D eigenvalue weighted by Crippen LogP contribution is -2.47. The van der Waals surface area contributed by atoms with Gasteiger partial charge in [0.15, 0.2) is 0 Å². The van der Waals surface area contributed by atoms with E-state index in [-0.39, 0.29) is 0 Å². The van der Waals surface area contributed by atoms with Gasteiger partial charge in [0.1, 0.15) is 0 Å². The normalized spacial score (nSPS) is 25.9. The zero-order chi connectivity index (χ0) is 8.55. The Morgan fingerprint density at radius 3 is 2.25 bits per heavy atom. The molecule has 0 atom stereocenters. The van der Waals surface area contributed by atoms with Gasteiger partial charge in [-0.15, -0.1) is 0 Å². The van der Waals surface area contributed by atoms with Crippen molar-refractivity contribution in [3.8, 4) is 0 Å². The minimum absolute atomic E-state index is 0.397. The van der Waals surface area contributed by atoms with E-state index >= 15 is 0 Å². The molecule has 0 unspecified atom stereocenters. The summed E-state index contributed by atoms with van der Waals surface area (Å²) in [5.74, 6) is 0.802. The number of likely N-dealkylation sites (N-methyl/N-ethyl adjacent to an activating group) is 1. The van der Waals surface area contributed by atoms with E-state index in [1.807, 2.05) is 4.90 Å². The van der Waals surface area contributed by atoms with Crippen LogP contribution in [0.15, 0.2) is 0 Å². The minimum atomic E-state index is 0.397. The number of rotatable bonds is 1. The van der Waals surface area contributed by atoms with Crippen LogP contribution in [0.1, 0.15) is 12.8 Å². The molecular weight excluding hydrogens is 152 g/mol. The Balaban J connectivity index is 1.84. The summed E-state index contributed by atoms with van der Waals surface area (Å²) in [4.78, 5) is 15.9. The summed E-state index contributed by atoms with van der Waals surface area (Å²) in [5, 5.41) is 0. The highest BCUT2D eigenvalue weighted by molar-refractivity contribution is 5.81. The fourth-order valence-corrected chi connectivity index (χ4v) is 1.62. The first-order chi connectivity index (χ1) is 5.77. The molecule has 3 nitrogen and oxygen atoms in total. The van der Waals surface area contributed by atoms with Crippen molar-refractivity contribution < 1.29 is 4.79 Å². The lowest BCUT2D eigenvalue weighted by molar-refractivity contribution is -0.134. The molecule has 12 heavy (non-hydrogen) atoms. The third-order valence-electron chi connectivity index (χ3n) is 2.74. The largest absolute Gasteiger partial charge is 0.340 e. The standard InChI is InChI=1S/C9H16N2O/c1-10-4-6-11(7-5-10)9(12)8-2-3-8/h8H,2-7H2,1H3. The monoisotopic (exact) mass is 168 g/mol. The average Bonchev–Trinajstić information content (AvgIpc) is 2.87. The Morgan fingerprint density at radius 2 is 1.75 bits per heavy atom. The highest BCUT2D eigenvalue weighted by Gasteiger charge is 2.34. The molecule has 1 saturated carbocycles. The van der Waals surface area contributed by atoms with Crippen molar-refractivity contribution in [2.45, 2.75) is 12.8 Å². The maximum atomic E-state index is 11.6. The summed E-state index contributed by atoms with van der Waals surface area (Å²) < 4.78 is 0. The number of hydrogen-bond donors (Lipinski definition) is 0. The van der Waals surface area contributed by atoms with E-state index in [1.165, 1.54) is 0 Å². The van der Waals surface area contributed by atoms with Gasteiger partial charge in [0.25, 0.3) is 0 Å². The van der Waals surface area contributed by atoms with E-state index < -0.39 is 0 Å². The van der Waals surface area contributed by atoms with Gasteiger partial charge in [0.2, 0.25) is 5.91 Å². The second kappa shape index (κ2) is 3.05. The fraction of sp³-hybridized carbons (Fsp3) is 0.889. The number of carbonyl (C=O) groups is 1. The van der Waals surface area contributed by atoms with E-state index in [1.54, 1.807) is 0 Å². The van der Waals surface area contributed by atoms with Crippen molar-refractivity contribution in [2.75, 3.05) is 33.2 Å². The molecule has 1 heterocycles. The summed E-state index contributed by atoms with van der Waals surface area (Å²) in [6, 6.07) is 0. The molecule has 0 bridgehead atoms.